The molecule has 0 saturated heterocycles. The largest absolute Gasteiger partial charge is 0.395 e. The van der Waals surface area contributed by atoms with Crippen molar-refractivity contribution in [2.75, 3.05) is 13.2 Å². The second kappa shape index (κ2) is 6.10. The molecule has 0 aliphatic carbocycles. The molecule has 0 radical (unpaired) electrons. The molecule has 1 N–H and O–H groups in total. The molecule has 0 heterocycles. The molecule has 1 aromatic carbocycles. The van der Waals surface area contributed by atoms with Crippen molar-refractivity contribution in [2.24, 2.45) is 0 Å². The fourth-order valence-electron chi connectivity index (χ4n) is 1.53. The predicted octanol–water partition coefficient (Wildman–Crippen LogP) is 1.98. The lowest BCUT2D eigenvalue weighted by Gasteiger charge is -2.25. The third-order valence-corrected chi connectivity index (χ3v) is 5.11. The van der Waals surface area contributed by atoms with Gasteiger partial charge in [0.25, 0.3) is 0 Å². The Morgan fingerprint density at radius 3 is 2.50 bits per heavy atom. The summed E-state index contributed by atoms with van der Waals surface area (Å²) in [6.45, 7) is 3.10. The van der Waals surface area contributed by atoms with Crippen molar-refractivity contribution in [1.82, 2.24) is 4.31 Å². The van der Waals surface area contributed by atoms with Gasteiger partial charge in [-0.3, -0.25) is 0 Å². The Labute approximate surface area is 115 Å². The van der Waals surface area contributed by atoms with Crippen LogP contribution in [0.5, 0.6) is 0 Å². The lowest BCUT2D eigenvalue weighted by atomic mass is 10.3. The summed E-state index contributed by atoms with van der Waals surface area (Å²) < 4.78 is 39.2. The number of sulfonamides is 1. The number of hydrogen-bond donors (Lipinski definition) is 1. The topological polar surface area (TPSA) is 57.6 Å². The molecule has 0 saturated carbocycles. The number of rotatable bonds is 5. The third-order valence-electron chi connectivity index (χ3n) is 2.39. The van der Waals surface area contributed by atoms with Crippen molar-refractivity contribution < 1.29 is 17.9 Å². The Morgan fingerprint density at radius 1 is 1.44 bits per heavy atom. The van der Waals surface area contributed by atoms with Crippen molar-refractivity contribution >= 4 is 26.0 Å². The van der Waals surface area contributed by atoms with E-state index in [-0.39, 0.29) is 28.6 Å². The molecular weight excluding hydrogens is 325 g/mol. The SMILES string of the molecule is CC(C)N(CCO)S(=O)(=O)c1ccc(Br)c(F)c1. The highest BCUT2D eigenvalue weighted by Crippen LogP contribution is 2.23. The minimum atomic E-state index is -3.79. The van der Waals surface area contributed by atoms with E-state index in [1.54, 1.807) is 13.8 Å². The molecule has 0 aliphatic heterocycles. The molecule has 4 nitrogen and oxygen atoms in total. The van der Waals surface area contributed by atoms with Crippen LogP contribution in [0.15, 0.2) is 27.6 Å². The van der Waals surface area contributed by atoms with Crippen LogP contribution in [-0.2, 0) is 10.0 Å². The van der Waals surface area contributed by atoms with E-state index in [4.69, 9.17) is 5.11 Å². The van der Waals surface area contributed by atoms with Gasteiger partial charge in [0, 0.05) is 12.6 Å². The average Bonchev–Trinajstić information content (AvgIpc) is 2.28. The number of halogens is 2. The lowest BCUT2D eigenvalue weighted by Crippen LogP contribution is -2.38. The first kappa shape index (κ1) is 15.6. The molecule has 0 atom stereocenters. The molecule has 0 bridgehead atoms. The van der Waals surface area contributed by atoms with E-state index in [0.29, 0.717) is 0 Å². The van der Waals surface area contributed by atoms with E-state index >= 15 is 0 Å². The van der Waals surface area contributed by atoms with Crippen LogP contribution in [0.4, 0.5) is 4.39 Å². The van der Waals surface area contributed by atoms with E-state index in [9.17, 15) is 12.8 Å². The Morgan fingerprint density at radius 2 is 2.06 bits per heavy atom. The highest BCUT2D eigenvalue weighted by atomic mass is 79.9. The summed E-state index contributed by atoms with van der Waals surface area (Å²) in [5, 5.41) is 8.91. The van der Waals surface area contributed by atoms with Gasteiger partial charge >= 0.3 is 0 Å². The second-order valence-electron chi connectivity index (χ2n) is 4.01. The summed E-state index contributed by atoms with van der Waals surface area (Å²) in [6, 6.07) is 3.33. The Hall–Kier alpha value is -0.500. The van der Waals surface area contributed by atoms with Crippen LogP contribution in [0.1, 0.15) is 13.8 Å². The first-order valence-electron chi connectivity index (χ1n) is 5.38. The second-order valence-corrected chi connectivity index (χ2v) is 6.75. The summed E-state index contributed by atoms with van der Waals surface area (Å²) in [6.07, 6.45) is 0. The van der Waals surface area contributed by atoms with E-state index in [0.717, 1.165) is 10.4 Å². The van der Waals surface area contributed by atoms with Gasteiger partial charge in [-0.2, -0.15) is 4.31 Å². The van der Waals surface area contributed by atoms with Gasteiger partial charge in [0.15, 0.2) is 0 Å². The fourth-order valence-corrected chi connectivity index (χ4v) is 3.41. The molecule has 0 aromatic heterocycles. The highest BCUT2D eigenvalue weighted by Gasteiger charge is 2.27. The molecule has 7 heteroatoms. The molecule has 0 unspecified atom stereocenters. The Balaban J connectivity index is 3.22. The van der Waals surface area contributed by atoms with Crippen LogP contribution in [-0.4, -0.2) is 37.0 Å². The zero-order chi connectivity index (χ0) is 13.9. The zero-order valence-corrected chi connectivity index (χ0v) is 12.5. The summed E-state index contributed by atoms with van der Waals surface area (Å²) >= 11 is 2.97. The minimum absolute atomic E-state index is 0.0162. The third kappa shape index (κ3) is 3.28. The standard InChI is InChI=1S/C11H15BrFNO3S/c1-8(2)14(5-6-15)18(16,17)9-3-4-10(12)11(13)7-9/h3-4,7-8,15H,5-6H2,1-2H3. The van der Waals surface area contributed by atoms with Crippen molar-refractivity contribution in [3.63, 3.8) is 0 Å². The molecule has 0 fully saturated rings. The van der Waals surface area contributed by atoms with Gasteiger partial charge in [0.2, 0.25) is 10.0 Å². The Bertz CT molecular complexity index is 519. The molecule has 0 spiro atoms. The molecule has 18 heavy (non-hydrogen) atoms. The summed E-state index contributed by atoms with van der Waals surface area (Å²) in [4.78, 5) is -0.120. The number of benzene rings is 1. The first-order chi connectivity index (χ1) is 8.30. The van der Waals surface area contributed by atoms with E-state index < -0.39 is 15.8 Å². The van der Waals surface area contributed by atoms with Crippen molar-refractivity contribution in [3.05, 3.63) is 28.5 Å². The average molecular weight is 340 g/mol. The number of hydrogen-bond acceptors (Lipinski definition) is 3. The fraction of sp³-hybridized carbons (Fsp3) is 0.455. The van der Waals surface area contributed by atoms with Crippen LogP contribution in [0.3, 0.4) is 0 Å². The maximum Gasteiger partial charge on any atom is 0.243 e. The summed E-state index contributed by atoms with van der Waals surface area (Å²) in [5.41, 5.74) is 0. The van der Waals surface area contributed by atoms with Gasteiger partial charge in [-0.1, -0.05) is 0 Å². The highest BCUT2D eigenvalue weighted by molar-refractivity contribution is 9.10. The minimum Gasteiger partial charge on any atom is -0.395 e. The Kier molecular flexibility index (Phi) is 5.27. The lowest BCUT2D eigenvalue weighted by molar-refractivity contribution is 0.236. The predicted molar refractivity (Wildman–Crippen MR) is 70.2 cm³/mol. The van der Waals surface area contributed by atoms with Crippen LogP contribution in [0.2, 0.25) is 0 Å². The normalized spacial score (nSPS) is 12.4. The monoisotopic (exact) mass is 339 g/mol. The zero-order valence-electron chi connectivity index (χ0n) is 10.1. The van der Waals surface area contributed by atoms with E-state index in [2.05, 4.69) is 15.9 Å². The molecular formula is C11H15BrFNO3S. The van der Waals surface area contributed by atoms with Crippen LogP contribution in [0, 0.1) is 5.82 Å². The molecule has 102 valence electrons. The van der Waals surface area contributed by atoms with E-state index in [1.165, 1.54) is 12.1 Å². The molecule has 0 aliphatic rings. The number of aliphatic hydroxyl groups is 1. The van der Waals surface area contributed by atoms with Crippen molar-refractivity contribution in [1.29, 1.82) is 0 Å². The van der Waals surface area contributed by atoms with Gasteiger partial charge in [0.1, 0.15) is 5.82 Å². The molecule has 1 rings (SSSR count). The molecule has 0 amide bonds. The first-order valence-corrected chi connectivity index (χ1v) is 7.61. The van der Waals surface area contributed by atoms with Gasteiger partial charge in [-0.05, 0) is 48.0 Å². The van der Waals surface area contributed by atoms with Gasteiger partial charge in [0.05, 0.1) is 16.0 Å². The van der Waals surface area contributed by atoms with Gasteiger partial charge in [-0.25, -0.2) is 12.8 Å². The van der Waals surface area contributed by atoms with Crippen LogP contribution < -0.4 is 0 Å². The van der Waals surface area contributed by atoms with Crippen molar-refractivity contribution in [3.8, 4) is 0 Å². The summed E-state index contributed by atoms with van der Waals surface area (Å²) in [7, 11) is -3.79. The quantitative estimate of drug-likeness (QED) is 0.892. The van der Waals surface area contributed by atoms with Gasteiger partial charge in [-0.15, -0.1) is 0 Å². The summed E-state index contributed by atoms with van der Waals surface area (Å²) in [5.74, 6) is -0.635. The smallest absolute Gasteiger partial charge is 0.243 e. The van der Waals surface area contributed by atoms with Crippen LogP contribution in [0.25, 0.3) is 0 Å². The molecule has 1 aromatic rings. The maximum atomic E-state index is 13.4. The van der Waals surface area contributed by atoms with E-state index in [1.807, 2.05) is 0 Å². The van der Waals surface area contributed by atoms with Crippen LogP contribution >= 0.6 is 15.9 Å². The maximum absolute atomic E-state index is 13.4. The number of aliphatic hydroxyl groups excluding tert-OH is 1. The number of nitrogens with zero attached hydrogens (tertiary/aromatic N) is 1. The van der Waals surface area contributed by atoms with Gasteiger partial charge < -0.3 is 5.11 Å². The van der Waals surface area contributed by atoms with Crippen molar-refractivity contribution in [2.45, 2.75) is 24.8 Å².